The van der Waals surface area contributed by atoms with E-state index < -0.39 is 10.8 Å². The van der Waals surface area contributed by atoms with Crippen LogP contribution in [0.1, 0.15) is 50.4 Å². The molecular weight excluding hydrogens is 461 g/mol. The van der Waals surface area contributed by atoms with Crippen molar-refractivity contribution in [1.82, 2.24) is 20.4 Å². The largest absolute Gasteiger partial charge is 0.356 e. The maximum Gasteiger partial charge on any atom is 0.191 e. The standard InChI is InChI=1S/C18H33N5OS.HI/c1-5-25(24)17-9-6-8-16(13-17)21-18(19-4)20-10-7-11-23-15(3)12-14(2)22-23;/h12,16-17H,5-11,13H2,1-4H3,(H2,19,20,21);1H. The van der Waals surface area contributed by atoms with E-state index in [0.717, 1.165) is 62.6 Å². The zero-order valence-electron chi connectivity index (χ0n) is 16.5. The highest BCUT2D eigenvalue weighted by molar-refractivity contribution is 14.0. The van der Waals surface area contributed by atoms with Crippen LogP contribution in [0, 0.1) is 13.8 Å². The maximum atomic E-state index is 12.1. The summed E-state index contributed by atoms with van der Waals surface area (Å²) in [5, 5.41) is 11.7. The minimum absolute atomic E-state index is 0. The Hall–Kier alpha value is -0.640. The Morgan fingerprint density at radius 1 is 1.42 bits per heavy atom. The predicted molar refractivity (Wildman–Crippen MR) is 121 cm³/mol. The molecule has 6 nitrogen and oxygen atoms in total. The lowest BCUT2D eigenvalue weighted by atomic mass is 9.95. The number of aliphatic imine (C=N–C) groups is 1. The first-order valence-corrected chi connectivity index (χ1v) is 10.8. The second-order valence-corrected chi connectivity index (χ2v) is 8.81. The van der Waals surface area contributed by atoms with Gasteiger partial charge in [0.05, 0.1) is 5.69 Å². The van der Waals surface area contributed by atoms with Gasteiger partial charge < -0.3 is 10.6 Å². The fraction of sp³-hybridized carbons (Fsp3) is 0.778. The molecule has 0 amide bonds. The third-order valence-corrected chi connectivity index (χ3v) is 6.53. The van der Waals surface area contributed by atoms with E-state index in [0.29, 0.717) is 11.3 Å². The molecule has 1 aromatic rings. The van der Waals surface area contributed by atoms with E-state index in [4.69, 9.17) is 0 Å². The molecule has 1 aromatic heterocycles. The second-order valence-electron chi connectivity index (χ2n) is 6.80. The number of hydrogen-bond donors (Lipinski definition) is 2. The number of aryl methyl sites for hydroxylation is 3. The average Bonchev–Trinajstić information content (AvgIpc) is 2.94. The van der Waals surface area contributed by atoms with Gasteiger partial charge in [0.15, 0.2) is 5.96 Å². The van der Waals surface area contributed by atoms with Crippen LogP contribution in [0.25, 0.3) is 0 Å². The molecule has 0 spiro atoms. The van der Waals surface area contributed by atoms with Crippen molar-refractivity contribution in [2.45, 2.75) is 70.7 Å². The monoisotopic (exact) mass is 495 g/mol. The molecule has 1 aliphatic rings. The number of halogens is 1. The molecule has 0 aromatic carbocycles. The Morgan fingerprint density at radius 2 is 2.19 bits per heavy atom. The van der Waals surface area contributed by atoms with Crippen molar-refractivity contribution in [3.63, 3.8) is 0 Å². The first kappa shape index (κ1) is 23.4. The van der Waals surface area contributed by atoms with Gasteiger partial charge >= 0.3 is 0 Å². The molecule has 3 atom stereocenters. The van der Waals surface area contributed by atoms with Crippen LogP contribution in [0.2, 0.25) is 0 Å². The van der Waals surface area contributed by atoms with E-state index in [1.54, 1.807) is 7.05 Å². The summed E-state index contributed by atoms with van der Waals surface area (Å²) in [7, 11) is 1.12. The SMILES string of the molecule is CCS(=O)C1CCCC(NC(=NC)NCCCn2nc(C)cc2C)C1.I. The van der Waals surface area contributed by atoms with E-state index in [-0.39, 0.29) is 24.0 Å². The minimum Gasteiger partial charge on any atom is -0.356 e. The van der Waals surface area contributed by atoms with E-state index in [1.807, 2.05) is 13.8 Å². The Labute approximate surface area is 177 Å². The van der Waals surface area contributed by atoms with E-state index in [2.05, 4.69) is 38.4 Å². The van der Waals surface area contributed by atoms with Crippen molar-refractivity contribution in [1.29, 1.82) is 0 Å². The highest BCUT2D eigenvalue weighted by Crippen LogP contribution is 2.22. The topological polar surface area (TPSA) is 71.3 Å². The van der Waals surface area contributed by atoms with Gasteiger partial charge in [0.25, 0.3) is 0 Å². The van der Waals surface area contributed by atoms with E-state index in [1.165, 1.54) is 5.69 Å². The minimum atomic E-state index is -0.689. The van der Waals surface area contributed by atoms with Crippen LogP contribution in [-0.2, 0) is 17.3 Å². The molecule has 0 aliphatic heterocycles. The number of nitrogens with zero attached hydrogens (tertiary/aromatic N) is 3. The molecule has 1 aliphatic carbocycles. The van der Waals surface area contributed by atoms with E-state index >= 15 is 0 Å². The predicted octanol–water partition coefficient (Wildman–Crippen LogP) is 2.75. The first-order chi connectivity index (χ1) is 12.0. The lowest BCUT2D eigenvalue weighted by molar-refractivity contribution is 0.413. The summed E-state index contributed by atoms with van der Waals surface area (Å²) in [5.41, 5.74) is 2.27. The van der Waals surface area contributed by atoms with Crippen LogP contribution in [0.15, 0.2) is 11.1 Å². The molecule has 2 rings (SSSR count). The van der Waals surface area contributed by atoms with Crippen molar-refractivity contribution < 1.29 is 4.21 Å². The molecule has 26 heavy (non-hydrogen) atoms. The summed E-state index contributed by atoms with van der Waals surface area (Å²) in [6.07, 6.45) is 5.34. The summed E-state index contributed by atoms with van der Waals surface area (Å²) in [5.74, 6) is 1.61. The Kier molecular flexibility index (Phi) is 10.7. The quantitative estimate of drug-likeness (QED) is 0.264. The molecule has 1 fully saturated rings. The van der Waals surface area contributed by atoms with Crippen LogP contribution in [0.5, 0.6) is 0 Å². The van der Waals surface area contributed by atoms with Gasteiger partial charge in [0.1, 0.15) is 0 Å². The summed E-state index contributed by atoms with van der Waals surface area (Å²) in [4.78, 5) is 4.33. The van der Waals surface area contributed by atoms with Crippen molar-refractivity contribution in [3.05, 3.63) is 17.5 Å². The van der Waals surface area contributed by atoms with Crippen molar-refractivity contribution in [2.24, 2.45) is 4.99 Å². The zero-order valence-corrected chi connectivity index (χ0v) is 19.6. The summed E-state index contributed by atoms with van der Waals surface area (Å²) in [6, 6.07) is 2.48. The summed E-state index contributed by atoms with van der Waals surface area (Å²) >= 11 is 0. The van der Waals surface area contributed by atoms with Crippen molar-refractivity contribution in [2.75, 3.05) is 19.3 Å². The van der Waals surface area contributed by atoms with Crippen LogP contribution < -0.4 is 10.6 Å². The zero-order chi connectivity index (χ0) is 18.2. The molecule has 1 saturated carbocycles. The Bertz CT molecular complexity index is 604. The number of guanidine groups is 1. The molecular formula is C18H34IN5OS. The van der Waals surface area contributed by atoms with Gasteiger partial charge in [-0.05, 0) is 45.6 Å². The van der Waals surface area contributed by atoms with Crippen LogP contribution in [0.3, 0.4) is 0 Å². The van der Waals surface area contributed by atoms with Gasteiger partial charge in [0.2, 0.25) is 0 Å². The molecule has 0 radical (unpaired) electrons. The second kappa shape index (κ2) is 11.9. The fourth-order valence-electron chi connectivity index (χ4n) is 3.48. The lowest BCUT2D eigenvalue weighted by Gasteiger charge is -2.30. The average molecular weight is 495 g/mol. The first-order valence-electron chi connectivity index (χ1n) is 9.38. The Morgan fingerprint density at radius 3 is 2.81 bits per heavy atom. The molecule has 1 heterocycles. The highest BCUT2D eigenvalue weighted by Gasteiger charge is 2.25. The third kappa shape index (κ3) is 7.17. The molecule has 3 unspecified atom stereocenters. The molecule has 2 N–H and O–H groups in total. The molecule has 0 saturated heterocycles. The van der Waals surface area contributed by atoms with Crippen LogP contribution in [0.4, 0.5) is 0 Å². The van der Waals surface area contributed by atoms with Crippen molar-refractivity contribution in [3.8, 4) is 0 Å². The van der Waals surface area contributed by atoms with Gasteiger partial charge in [-0.3, -0.25) is 13.9 Å². The Balaban J connectivity index is 0.00000338. The van der Waals surface area contributed by atoms with E-state index in [9.17, 15) is 4.21 Å². The molecule has 0 bridgehead atoms. The molecule has 150 valence electrons. The summed E-state index contributed by atoms with van der Waals surface area (Å²) in [6.45, 7) is 7.89. The van der Waals surface area contributed by atoms with Gasteiger partial charge in [0, 0.05) is 53.7 Å². The fourth-order valence-corrected chi connectivity index (χ4v) is 4.82. The van der Waals surface area contributed by atoms with Gasteiger partial charge in [-0.15, -0.1) is 24.0 Å². The van der Waals surface area contributed by atoms with Crippen molar-refractivity contribution >= 4 is 40.7 Å². The summed E-state index contributed by atoms with van der Waals surface area (Å²) < 4.78 is 14.1. The molecule has 8 heteroatoms. The smallest absolute Gasteiger partial charge is 0.191 e. The lowest BCUT2D eigenvalue weighted by Crippen LogP contribution is -2.46. The number of hydrogen-bond acceptors (Lipinski definition) is 3. The number of rotatable bonds is 7. The van der Waals surface area contributed by atoms with Gasteiger partial charge in [-0.2, -0.15) is 5.10 Å². The number of nitrogens with one attached hydrogen (secondary N) is 2. The van der Waals surface area contributed by atoms with Crippen LogP contribution in [-0.4, -0.2) is 50.6 Å². The van der Waals surface area contributed by atoms with Gasteiger partial charge in [-0.25, -0.2) is 0 Å². The van der Waals surface area contributed by atoms with Gasteiger partial charge in [-0.1, -0.05) is 13.3 Å². The highest BCUT2D eigenvalue weighted by atomic mass is 127. The normalized spacial score (nSPS) is 21.8. The van der Waals surface area contributed by atoms with Crippen LogP contribution >= 0.6 is 24.0 Å². The number of aromatic nitrogens is 2. The maximum absolute atomic E-state index is 12.1. The third-order valence-electron chi connectivity index (χ3n) is 4.79.